The van der Waals surface area contributed by atoms with E-state index in [1.165, 1.54) is 19.8 Å². The summed E-state index contributed by atoms with van der Waals surface area (Å²) in [5.41, 5.74) is 3.98. The summed E-state index contributed by atoms with van der Waals surface area (Å²) in [6.45, 7) is 6.57. The van der Waals surface area contributed by atoms with Gasteiger partial charge in [0.25, 0.3) is 5.91 Å². The number of hydrogen-bond donors (Lipinski definition) is 0. The first-order chi connectivity index (χ1) is 11.4. The maximum absolute atomic E-state index is 13.0. The molecule has 2 aromatic rings. The molecule has 0 radical (unpaired) electrons. The molecule has 126 valence electrons. The predicted octanol–water partition coefficient (Wildman–Crippen LogP) is 2.59. The molecule has 1 saturated carbocycles. The molecule has 0 amide bonds. The van der Waals surface area contributed by atoms with Crippen LogP contribution in [0.25, 0.3) is 0 Å². The van der Waals surface area contributed by atoms with E-state index in [0.29, 0.717) is 28.7 Å². The number of methoxy groups -OCH3 is 2. The van der Waals surface area contributed by atoms with E-state index < -0.39 is 0 Å². The number of carbonyl (C=O) groups excluding carboxylic acids is 1. The predicted molar refractivity (Wildman–Crippen MR) is 87.7 cm³/mol. The summed E-state index contributed by atoms with van der Waals surface area (Å²) in [5, 5.41) is 4.52. The standard InChI is InChI=1S/C18H21N3O3/c1-9-14-12(8-11-15(14)18(11,2)3)21(20-9)17(22)10-6-7-13(23-4)19-16(10)24-5/h6-7,11,15H,8H2,1-5H3. The first-order valence-electron chi connectivity index (χ1n) is 8.12. The number of aromatic nitrogens is 3. The fraction of sp³-hybridized carbons (Fsp3) is 0.500. The molecule has 6 heteroatoms. The van der Waals surface area contributed by atoms with E-state index in [4.69, 9.17) is 9.47 Å². The smallest absolute Gasteiger partial charge is 0.283 e. The highest BCUT2D eigenvalue weighted by Gasteiger charge is 2.64. The third-order valence-electron chi connectivity index (χ3n) is 5.64. The molecule has 1 fully saturated rings. The average molecular weight is 327 g/mol. The molecule has 6 nitrogen and oxygen atoms in total. The number of rotatable bonds is 3. The van der Waals surface area contributed by atoms with Gasteiger partial charge >= 0.3 is 0 Å². The van der Waals surface area contributed by atoms with Crippen LogP contribution in [0.3, 0.4) is 0 Å². The Morgan fingerprint density at radius 1 is 1.29 bits per heavy atom. The highest BCUT2D eigenvalue weighted by molar-refractivity contribution is 5.98. The molecular weight excluding hydrogens is 306 g/mol. The minimum atomic E-state index is -0.203. The SMILES string of the molecule is COc1ccc(C(=O)n2nc(C)c3c2CC2C3C2(C)C)c(OC)n1. The largest absolute Gasteiger partial charge is 0.481 e. The molecule has 0 N–H and O–H groups in total. The van der Waals surface area contributed by atoms with Gasteiger partial charge in [0.05, 0.1) is 25.6 Å². The first-order valence-corrected chi connectivity index (χ1v) is 8.12. The molecule has 2 aromatic heterocycles. The van der Waals surface area contributed by atoms with Gasteiger partial charge in [-0.25, -0.2) is 4.68 Å². The summed E-state index contributed by atoms with van der Waals surface area (Å²) in [5.74, 6) is 1.62. The van der Waals surface area contributed by atoms with E-state index in [9.17, 15) is 4.79 Å². The molecule has 2 heterocycles. The van der Waals surface area contributed by atoms with Gasteiger partial charge in [0.1, 0.15) is 5.56 Å². The van der Waals surface area contributed by atoms with Gasteiger partial charge in [-0.15, -0.1) is 0 Å². The lowest BCUT2D eigenvalue weighted by molar-refractivity contribution is 0.0937. The normalized spacial score (nSPS) is 22.7. The van der Waals surface area contributed by atoms with E-state index in [0.717, 1.165) is 17.8 Å². The van der Waals surface area contributed by atoms with Crippen LogP contribution >= 0.6 is 0 Å². The zero-order valence-corrected chi connectivity index (χ0v) is 14.6. The molecule has 4 rings (SSSR count). The zero-order chi connectivity index (χ0) is 17.2. The number of carbonyl (C=O) groups is 1. The van der Waals surface area contributed by atoms with Gasteiger partial charge in [0.2, 0.25) is 11.8 Å². The lowest BCUT2D eigenvalue weighted by atomic mass is 9.98. The van der Waals surface area contributed by atoms with Crippen LogP contribution in [0.2, 0.25) is 0 Å². The minimum Gasteiger partial charge on any atom is -0.481 e. The highest BCUT2D eigenvalue weighted by atomic mass is 16.5. The molecule has 0 aromatic carbocycles. The van der Waals surface area contributed by atoms with Crippen LogP contribution in [0, 0.1) is 18.3 Å². The fourth-order valence-corrected chi connectivity index (χ4v) is 4.23. The van der Waals surface area contributed by atoms with Crippen molar-refractivity contribution in [2.45, 2.75) is 33.1 Å². The highest BCUT2D eigenvalue weighted by Crippen LogP contribution is 2.70. The Balaban J connectivity index is 1.76. The molecule has 0 spiro atoms. The summed E-state index contributed by atoms with van der Waals surface area (Å²) in [6.07, 6.45) is 0.908. The molecule has 2 aliphatic rings. The summed E-state index contributed by atoms with van der Waals surface area (Å²) in [4.78, 5) is 17.2. The third-order valence-corrected chi connectivity index (χ3v) is 5.64. The lowest BCUT2D eigenvalue weighted by Gasteiger charge is -2.12. The topological polar surface area (TPSA) is 66.2 Å². The van der Waals surface area contributed by atoms with Crippen LogP contribution in [-0.4, -0.2) is 34.9 Å². The van der Waals surface area contributed by atoms with E-state index >= 15 is 0 Å². The van der Waals surface area contributed by atoms with Crippen molar-refractivity contribution in [3.8, 4) is 11.8 Å². The van der Waals surface area contributed by atoms with Gasteiger partial charge in [0, 0.05) is 11.6 Å². The number of hydrogen-bond acceptors (Lipinski definition) is 5. The number of pyridine rings is 1. The quantitative estimate of drug-likeness (QED) is 0.867. The van der Waals surface area contributed by atoms with Gasteiger partial charge in [-0.05, 0) is 36.7 Å². The van der Waals surface area contributed by atoms with Crippen LogP contribution in [-0.2, 0) is 6.42 Å². The van der Waals surface area contributed by atoms with Crippen LogP contribution in [0.15, 0.2) is 12.1 Å². The Bertz CT molecular complexity index is 853. The van der Waals surface area contributed by atoms with Gasteiger partial charge in [0.15, 0.2) is 0 Å². The molecule has 0 aliphatic heterocycles. The Morgan fingerprint density at radius 3 is 2.71 bits per heavy atom. The Morgan fingerprint density at radius 2 is 2.04 bits per heavy atom. The second-order valence-electron chi connectivity index (χ2n) is 7.18. The lowest BCUT2D eigenvalue weighted by Crippen LogP contribution is -2.19. The number of fused-ring (bicyclic) bond motifs is 3. The van der Waals surface area contributed by atoms with Gasteiger partial charge < -0.3 is 9.47 Å². The Kier molecular flexibility index (Phi) is 3.04. The maximum Gasteiger partial charge on any atom is 0.283 e. The van der Waals surface area contributed by atoms with Crippen molar-refractivity contribution in [3.63, 3.8) is 0 Å². The second-order valence-corrected chi connectivity index (χ2v) is 7.18. The third kappa shape index (κ3) is 1.85. The Labute approximate surface area is 140 Å². The van der Waals surface area contributed by atoms with Gasteiger partial charge in [-0.3, -0.25) is 4.79 Å². The maximum atomic E-state index is 13.0. The van der Waals surface area contributed by atoms with Gasteiger partial charge in [-0.2, -0.15) is 10.1 Å². The van der Waals surface area contributed by atoms with Crippen LogP contribution in [0.4, 0.5) is 0 Å². The molecule has 24 heavy (non-hydrogen) atoms. The molecule has 0 saturated heterocycles. The summed E-state index contributed by atoms with van der Waals surface area (Å²) < 4.78 is 11.9. The van der Waals surface area contributed by atoms with Crippen LogP contribution in [0.5, 0.6) is 11.8 Å². The molecule has 2 unspecified atom stereocenters. The summed E-state index contributed by atoms with van der Waals surface area (Å²) >= 11 is 0. The van der Waals surface area contributed by atoms with Gasteiger partial charge in [-0.1, -0.05) is 13.8 Å². The van der Waals surface area contributed by atoms with E-state index in [2.05, 4.69) is 23.9 Å². The first kappa shape index (κ1) is 15.2. The fourth-order valence-electron chi connectivity index (χ4n) is 4.23. The van der Waals surface area contributed by atoms with Crippen LogP contribution in [0.1, 0.15) is 47.1 Å². The van der Waals surface area contributed by atoms with Crippen LogP contribution < -0.4 is 9.47 Å². The molecule has 0 bridgehead atoms. The molecular formula is C18H21N3O3. The summed E-state index contributed by atoms with van der Waals surface area (Å²) in [6, 6.07) is 3.34. The number of nitrogens with zero attached hydrogens (tertiary/aromatic N) is 3. The van der Waals surface area contributed by atoms with Crippen molar-refractivity contribution in [2.75, 3.05) is 14.2 Å². The van der Waals surface area contributed by atoms with Crippen molar-refractivity contribution < 1.29 is 14.3 Å². The van der Waals surface area contributed by atoms with Crippen molar-refractivity contribution in [3.05, 3.63) is 34.6 Å². The monoisotopic (exact) mass is 327 g/mol. The number of ether oxygens (including phenoxy) is 2. The van der Waals surface area contributed by atoms with Crippen molar-refractivity contribution in [2.24, 2.45) is 11.3 Å². The molecule has 2 aliphatic carbocycles. The van der Waals surface area contributed by atoms with Crippen molar-refractivity contribution >= 4 is 5.91 Å². The average Bonchev–Trinajstić information content (AvgIpc) is 2.93. The van der Waals surface area contributed by atoms with Crippen molar-refractivity contribution in [1.29, 1.82) is 0 Å². The number of aryl methyl sites for hydroxylation is 1. The second kappa shape index (κ2) is 4.82. The zero-order valence-electron chi connectivity index (χ0n) is 14.6. The van der Waals surface area contributed by atoms with Crippen molar-refractivity contribution in [1.82, 2.24) is 14.8 Å². The summed E-state index contributed by atoms with van der Waals surface area (Å²) in [7, 11) is 3.02. The van der Waals surface area contributed by atoms with E-state index in [-0.39, 0.29) is 11.8 Å². The molecule has 2 atom stereocenters. The van der Waals surface area contributed by atoms with E-state index in [1.54, 1.807) is 16.8 Å². The Hall–Kier alpha value is -2.37. The van der Waals surface area contributed by atoms with E-state index in [1.807, 2.05) is 6.92 Å². The minimum absolute atomic E-state index is 0.203.